The highest BCUT2D eigenvalue weighted by Gasteiger charge is 2.26. The molecule has 7 nitrogen and oxygen atoms in total. The molecule has 2 fully saturated rings. The zero-order chi connectivity index (χ0) is 26.9. The second kappa shape index (κ2) is 13.1. The fourth-order valence-electron chi connectivity index (χ4n) is 4.83. The third kappa shape index (κ3) is 6.43. The molecule has 0 radical (unpaired) electrons. The monoisotopic (exact) mass is 503 g/mol. The van der Waals surface area contributed by atoms with E-state index in [2.05, 4.69) is 39.8 Å². The number of fused-ring (bicyclic) bond motifs is 1. The minimum atomic E-state index is -0.375. The topological polar surface area (TPSA) is 74.2 Å². The number of aromatic nitrogens is 3. The third-order valence-electron chi connectivity index (χ3n) is 6.90. The van der Waals surface area contributed by atoms with Crippen molar-refractivity contribution in [2.75, 3.05) is 22.9 Å². The molecule has 0 bridgehead atoms. The molecule has 7 heteroatoms. The summed E-state index contributed by atoms with van der Waals surface area (Å²) in [7, 11) is 1.76. The van der Waals surface area contributed by atoms with Crippen molar-refractivity contribution >= 4 is 34.1 Å². The minimum Gasteiger partial charge on any atom is -0.370 e. The second-order valence-electron chi connectivity index (χ2n) is 9.44. The zero-order valence-electron chi connectivity index (χ0n) is 23.3. The molecule has 198 valence electrons. The Morgan fingerprint density at radius 3 is 2.16 bits per heavy atom. The van der Waals surface area contributed by atoms with Crippen LogP contribution in [0.15, 0.2) is 29.1 Å². The number of pyridine rings is 1. The first kappa shape index (κ1) is 28.0. The van der Waals surface area contributed by atoms with Gasteiger partial charge in [0.15, 0.2) is 5.52 Å². The van der Waals surface area contributed by atoms with Gasteiger partial charge in [-0.05, 0) is 74.9 Å². The molecule has 1 aliphatic carbocycles. The number of H-pyrrole nitrogens is 1. The van der Waals surface area contributed by atoms with E-state index in [1.54, 1.807) is 30.8 Å². The number of aromatic amines is 1. The molecule has 3 aromatic rings. The molecule has 2 aromatic heterocycles. The maximum atomic E-state index is 13.1. The SMILES string of the molecule is C1CCCC1.CC.CC#CC(=O)N(c1ccc2c(n1)c(=O)[nH]n2C)c1cc(C)c(C)cc1N1CCCC1. The largest absolute Gasteiger partial charge is 0.370 e. The van der Waals surface area contributed by atoms with Crippen molar-refractivity contribution in [3.05, 3.63) is 45.7 Å². The Balaban J connectivity index is 0.000000478. The number of rotatable bonds is 3. The Morgan fingerprint density at radius 2 is 1.57 bits per heavy atom. The average Bonchev–Trinajstić information content (AvgIpc) is 3.68. The number of anilines is 3. The molecule has 2 aliphatic rings. The summed E-state index contributed by atoms with van der Waals surface area (Å²) >= 11 is 0. The molecule has 37 heavy (non-hydrogen) atoms. The lowest BCUT2D eigenvalue weighted by atomic mass is 10.1. The Labute approximate surface area is 220 Å². The van der Waals surface area contributed by atoms with E-state index in [1.807, 2.05) is 26.8 Å². The first-order valence-electron chi connectivity index (χ1n) is 13.6. The molecule has 0 unspecified atom stereocenters. The van der Waals surface area contributed by atoms with Gasteiger partial charge in [0.2, 0.25) is 0 Å². The average molecular weight is 504 g/mol. The maximum Gasteiger partial charge on any atom is 0.308 e. The normalized spacial score (nSPS) is 14.3. The molecule has 1 saturated heterocycles. The maximum absolute atomic E-state index is 13.1. The molecule has 1 aliphatic heterocycles. The van der Waals surface area contributed by atoms with Gasteiger partial charge in [0.25, 0.3) is 5.56 Å². The van der Waals surface area contributed by atoms with E-state index < -0.39 is 0 Å². The van der Waals surface area contributed by atoms with Crippen LogP contribution in [0.4, 0.5) is 17.2 Å². The van der Waals surface area contributed by atoms with E-state index in [0.717, 1.165) is 48.4 Å². The van der Waals surface area contributed by atoms with Crippen LogP contribution in [-0.2, 0) is 11.8 Å². The highest BCUT2D eigenvalue weighted by molar-refractivity contribution is 6.12. The summed E-state index contributed by atoms with van der Waals surface area (Å²) in [6.07, 6.45) is 9.75. The number of aryl methyl sites for hydroxylation is 3. The van der Waals surface area contributed by atoms with Crippen LogP contribution in [0.25, 0.3) is 11.0 Å². The van der Waals surface area contributed by atoms with Crippen molar-refractivity contribution in [1.82, 2.24) is 14.8 Å². The summed E-state index contributed by atoms with van der Waals surface area (Å²) in [5, 5.41) is 2.71. The Hall–Kier alpha value is -3.53. The van der Waals surface area contributed by atoms with Crippen molar-refractivity contribution in [3.8, 4) is 11.8 Å². The summed E-state index contributed by atoms with van der Waals surface area (Å²) in [4.78, 5) is 33.8. The van der Waals surface area contributed by atoms with Crippen molar-refractivity contribution in [3.63, 3.8) is 0 Å². The number of nitrogens with one attached hydrogen (secondary N) is 1. The number of carbonyl (C=O) groups is 1. The predicted molar refractivity (Wildman–Crippen MR) is 154 cm³/mol. The van der Waals surface area contributed by atoms with E-state index in [9.17, 15) is 9.59 Å². The van der Waals surface area contributed by atoms with Gasteiger partial charge in [0, 0.05) is 20.1 Å². The van der Waals surface area contributed by atoms with E-state index in [4.69, 9.17) is 0 Å². The van der Waals surface area contributed by atoms with E-state index in [-0.39, 0.29) is 11.5 Å². The van der Waals surface area contributed by atoms with Gasteiger partial charge in [-0.25, -0.2) is 4.98 Å². The lowest BCUT2D eigenvalue weighted by molar-refractivity contribution is -0.112. The molecule has 1 amide bonds. The molecule has 0 spiro atoms. The highest BCUT2D eigenvalue weighted by Crippen LogP contribution is 2.38. The van der Waals surface area contributed by atoms with Gasteiger partial charge in [-0.2, -0.15) is 0 Å². The highest BCUT2D eigenvalue weighted by atomic mass is 16.2. The fraction of sp³-hybridized carbons (Fsp3) is 0.500. The van der Waals surface area contributed by atoms with Crippen LogP contribution in [0.2, 0.25) is 0 Å². The molecular formula is C30H41N5O2. The summed E-state index contributed by atoms with van der Waals surface area (Å²) in [6, 6.07) is 7.70. The van der Waals surface area contributed by atoms with Gasteiger partial charge < -0.3 is 4.90 Å². The quantitative estimate of drug-likeness (QED) is 0.436. The summed E-state index contributed by atoms with van der Waals surface area (Å²) < 4.78 is 1.62. The molecular weight excluding hydrogens is 462 g/mol. The van der Waals surface area contributed by atoms with Crippen LogP contribution in [0, 0.1) is 25.7 Å². The standard InChI is InChI=1S/C23H25N5O2.C5H10.C2H6/c1-5-8-21(29)28(20-10-9-17-22(24-20)23(30)25-26(17)4)19-14-16(3)15(2)13-18(19)27-11-6-7-12-27;1-2-4-5-3-1;1-2/h9-10,13-14H,6-7,11-12H2,1-4H3,(H,25,30);1-5H2;1-2H3. The van der Waals surface area contributed by atoms with Crippen molar-refractivity contribution in [1.29, 1.82) is 0 Å². The Morgan fingerprint density at radius 1 is 0.973 bits per heavy atom. The molecule has 1 N–H and O–H groups in total. The van der Waals surface area contributed by atoms with Crippen LogP contribution in [0.3, 0.4) is 0 Å². The van der Waals surface area contributed by atoms with Gasteiger partial charge in [0.05, 0.1) is 16.9 Å². The van der Waals surface area contributed by atoms with E-state index >= 15 is 0 Å². The lowest BCUT2D eigenvalue weighted by Gasteiger charge is -2.28. The van der Waals surface area contributed by atoms with Gasteiger partial charge >= 0.3 is 5.91 Å². The van der Waals surface area contributed by atoms with Gasteiger partial charge in [-0.3, -0.25) is 24.3 Å². The molecule has 1 aromatic carbocycles. The van der Waals surface area contributed by atoms with Gasteiger partial charge in [-0.1, -0.05) is 51.9 Å². The number of hydrogen-bond acceptors (Lipinski definition) is 4. The van der Waals surface area contributed by atoms with Crippen molar-refractivity contribution in [2.24, 2.45) is 7.05 Å². The fourth-order valence-corrected chi connectivity index (χ4v) is 4.83. The van der Waals surface area contributed by atoms with Crippen LogP contribution in [-0.4, -0.2) is 33.8 Å². The number of benzene rings is 1. The van der Waals surface area contributed by atoms with E-state index in [0.29, 0.717) is 16.9 Å². The first-order valence-corrected chi connectivity index (χ1v) is 13.6. The zero-order valence-corrected chi connectivity index (χ0v) is 23.3. The predicted octanol–water partition coefficient (Wildman–Crippen LogP) is 6.14. The van der Waals surface area contributed by atoms with Gasteiger partial charge in [0.1, 0.15) is 5.82 Å². The van der Waals surface area contributed by atoms with Gasteiger partial charge in [-0.15, -0.1) is 0 Å². The Kier molecular flexibility index (Phi) is 9.96. The summed E-state index contributed by atoms with van der Waals surface area (Å²) in [5.41, 5.74) is 4.66. The molecule has 0 atom stereocenters. The molecule has 3 heterocycles. The summed E-state index contributed by atoms with van der Waals surface area (Å²) in [6.45, 7) is 11.6. The lowest BCUT2D eigenvalue weighted by Crippen LogP contribution is -2.29. The number of carbonyl (C=O) groups excluding carboxylic acids is 1. The Bertz CT molecular complexity index is 1320. The third-order valence-corrected chi connectivity index (χ3v) is 6.90. The summed E-state index contributed by atoms with van der Waals surface area (Å²) in [5.74, 6) is 5.36. The second-order valence-corrected chi connectivity index (χ2v) is 9.44. The number of hydrogen-bond donors (Lipinski definition) is 1. The molecule has 5 rings (SSSR count). The molecule has 1 saturated carbocycles. The van der Waals surface area contributed by atoms with E-state index in [1.165, 1.54) is 37.0 Å². The first-order chi connectivity index (χ1) is 17.9. The van der Waals surface area contributed by atoms with Crippen molar-refractivity contribution in [2.45, 2.75) is 79.6 Å². The minimum absolute atomic E-state index is 0.289. The van der Waals surface area contributed by atoms with Crippen LogP contribution < -0.4 is 15.4 Å². The van der Waals surface area contributed by atoms with Crippen LogP contribution in [0.5, 0.6) is 0 Å². The number of amides is 1. The smallest absolute Gasteiger partial charge is 0.308 e. The van der Waals surface area contributed by atoms with Crippen LogP contribution in [0.1, 0.15) is 76.8 Å². The number of nitrogens with zero attached hydrogens (tertiary/aromatic N) is 4. The van der Waals surface area contributed by atoms with Crippen LogP contribution >= 0.6 is 0 Å². The van der Waals surface area contributed by atoms with Crippen molar-refractivity contribution < 1.29 is 4.79 Å².